The molecule has 0 saturated heterocycles. The summed E-state index contributed by atoms with van der Waals surface area (Å²) in [5.74, 6) is 1.89. The lowest BCUT2D eigenvalue weighted by Gasteiger charge is -2.03. The third kappa shape index (κ3) is 7.04. The van der Waals surface area contributed by atoms with E-state index in [0.717, 1.165) is 31.0 Å². The summed E-state index contributed by atoms with van der Waals surface area (Å²) in [6, 6.07) is 10.4. The van der Waals surface area contributed by atoms with Crippen molar-refractivity contribution >= 4 is 22.6 Å². The molecule has 0 saturated carbocycles. The molecule has 0 radical (unpaired) electrons. The maximum Gasteiger partial charge on any atom is 0.0244 e. The lowest BCUT2D eigenvalue weighted by atomic mass is 10.4. The van der Waals surface area contributed by atoms with Gasteiger partial charge in [-0.3, -0.25) is 4.21 Å². The van der Waals surface area contributed by atoms with Crippen LogP contribution in [0, 0.1) is 0 Å². The van der Waals surface area contributed by atoms with Crippen molar-refractivity contribution in [1.29, 1.82) is 0 Å². The molecule has 16 heavy (non-hydrogen) atoms. The molecule has 0 amide bonds. The summed E-state index contributed by atoms with van der Waals surface area (Å²) in [5, 5.41) is 3.36. The molecule has 1 aromatic carbocycles. The van der Waals surface area contributed by atoms with Crippen LogP contribution in [0.15, 0.2) is 35.2 Å². The van der Waals surface area contributed by atoms with Gasteiger partial charge in [0.25, 0.3) is 0 Å². The van der Waals surface area contributed by atoms with E-state index in [1.165, 1.54) is 4.90 Å². The minimum absolute atomic E-state index is 0.648. The van der Waals surface area contributed by atoms with Gasteiger partial charge in [-0.2, -0.15) is 0 Å². The maximum absolute atomic E-state index is 10.8. The predicted octanol–water partition coefficient (Wildman–Crippen LogP) is 2.14. The van der Waals surface area contributed by atoms with Gasteiger partial charge in [0.1, 0.15) is 0 Å². The highest BCUT2D eigenvalue weighted by Gasteiger charge is 1.93. The van der Waals surface area contributed by atoms with Crippen molar-refractivity contribution in [2.75, 3.05) is 30.9 Å². The van der Waals surface area contributed by atoms with Gasteiger partial charge in [0.05, 0.1) is 0 Å². The Kier molecular flexibility index (Phi) is 7.55. The highest BCUT2D eigenvalue weighted by molar-refractivity contribution is 7.99. The Balaban J connectivity index is 1.94. The van der Waals surface area contributed by atoms with E-state index in [-0.39, 0.29) is 0 Å². The van der Waals surface area contributed by atoms with E-state index in [1.54, 1.807) is 6.26 Å². The summed E-state index contributed by atoms with van der Waals surface area (Å²) in [6.07, 6.45) is 2.75. The molecule has 4 heteroatoms. The van der Waals surface area contributed by atoms with Crippen LogP contribution >= 0.6 is 11.8 Å². The predicted molar refractivity (Wildman–Crippen MR) is 73.6 cm³/mol. The first kappa shape index (κ1) is 13.7. The Morgan fingerprint density at radius 2 is 2.00 bits per heavy atom. The average Bonchev–Trinajstić information content (AvgIpc) is 2.29. The van der Waals surface area contributed by atoms with Crippen molar-refractivity contribution < 1.29 is 4.21 Å². The number of hydrogen-bond acceptors (Lipinski definition) is 3. The zero-order valence-electron chi connectivity index (χ0n) is 9.65. The molecule has 90 valence electrons. The molecular weight excluding hydrogens is 238 g/mol. The number of rotatable bonds is 8. The minimum atomic E-state index is -0.648. The molecule has 1 aromatic rings. The van der Waals surface area contributed by atoms with Gasteiger partial charge in [0, 0.05) is 40.0 Å². The zero-order valence-corrected chi connectivity index (χ0v) is 11.3. The summed E-state index contributed by atoms with van der Waals surface area (Å²) in [6.45, 7) is 1.98. The Morgan fingerprint density at radius 1 is 1.25 bits per heavy atom. The number of benzene rings is 1. The summed E-state index contributed by atoms with van der Waals surface area (Å²) in [5.41, 5.74) is 0. The third-order valence-electron chi connectivity index (χ3n) is 2.08. The molecule has 0 aliphatic rings. The van der Waals surface area contributed by atoms with E-state index in [0.29, 0.717) is 0 Å². The van der Waals surface area contributed by atoms with Crippen LogP contribution in [0.1, 0.15) is 6.42 Å². The van der Waals surface area contributed by atoms with Crippen molar-refractivity contribution in [3.05, 3.63) is 30.3 Å². The van der Waals surface area contributed by atoms with Gasteiger partial charge in [0.2, 0.25) is 0 Å². The summed E-state index contributed by atoms with van der Waals surface area (Å²) >= 11 is 1.86. The monoisotopic (exact) mass is 257 g/mol. The molecule has 0 heterocycles. The molecule has 0 spiro atoms. The van der Waals surface area contributed by atoms with Crippen LogP contribution in [0.25, 0.3) is 0 Å². The van der Waals surface area contributed by atoms with Crippen molar-refractivity contribution in [1.82, 2.24) is 5.32 Å². The van der Waals surface area contributed by atoms with Crippen LogP contribution in [0.2, 0.25) is 0 Å². The van der Waals surface area contributed by atoms with Crippen LogP contribution in [0.4, 0.5) is 0 Å². The van der Waals surface area contributed by atoms with Crippen molar-refractivity contribution in [2.45, 2.75) is 11.3 Å². The lowest BCUT2D eigenvalue weighted by molar-refractivity contribution is 0.674. The second-order valence-electron chi connectivity index (χ2n) is 3.54. The van der Waals surface area contributed by atoms with Crippen LogP contribution in [0.3, 0.4) is 0 Å². The quantitative estimate of drug-likeness (QED) is 0.571. The number of thioether (sulfide) groups is 1. The van der Waals surface area contributed by atoms with Crippen LogP contribution in [-0.4, -0.2) is 35.1 Å². The van der Waals surface area contributed by atoms with E-state index >= 15 is 0 Å². The van der Waals surface area contributed by atoms with Gasteiger partial charge in [-0.1, -0.05) is 18.2 Å². The van der Waals surface area contributed by atoms with Gasteiger partial charge in [-0.15, -0.1) is 11.8 Å². The maximum atomic E-state index is 10.8. The minimum Gasteiger partial charge on any atom is -0.316 e. The molecule has 1 N–H and O–H groups in total. The molecule has 0 fully saturated rings. The molecule has 0 bridgehead atoms. The van der Waals surface area contributed by atoms with Crippen LogP contribution in [-0.2, 0) is 10.8 Å². The van der Waals surface area contributed by atoms with Crippen molar-refractivity contribution in [3.63, 3.8) is 0 Å². The standard InChI is InChI=1S/C12H19NOS2/c1-16(14)11-5-8-13-9-10-15-12-6-3-2-4-7-12/h2-4,6-7,13H,5,8-11H2,1H3. The Labute approximate surface area is 105 Å². The average molecular weight is 257 g/mol. The first-order chi connectivity index (χ1) is 7.79. The topological polar surface area (TPSA) is 29.1 Å². The SMILES string of the molecule is CS(=O)CCCNCCSc1ccccc1. The van der Waals surface area contributed by atoms with E-state index < -0.39 is 10.8 Å². The van der Waals surface area contributed by atoms with Gasteiger partial charge in [0.15, 0.2) is 0 Å². The Hall–Kier alpha value is -0.320. The molecule has 0 aliphatic heterocycles. The Bertz CT molecular complexity index is 303. The molecule has 0 aromatic heterocycles. The summed E-state index contributed by atoms with van der Waals surface area (Å²) < 4.78 is 10.8. The molecule has 1 atom stereocenters. The molecule has 1 unspecified atom stereocenters. The number of hydrogen-bond donors (Lipinski definition) is 1. The van der Waals surface area contributed by atoms with E-state index in [4.69, 9.17) is 0 Å². The fraction of sp³-hybridized carbons (Fsp3) is 0.500. The molecule has 1 rings (SSSR count). The van der Waals surface area contributed by atoms with Gasteiger partial charge >= 0.3 is 0 Å². The fourth-order valence-electron chi connectivity index (χ4n) is 1.28. The van der Waals surface area contributed by atoms with Gasteiger partial charge in [-0.05, 0) is 25.1 Å². The summed E-state index contributed by atoms with van der Waals surface area (Å²) in [7, 11) is -0.648. The Morgan fingerprint density at radius 3 is 2.69 bits per heavy atom. The van der Waals surface area contributed by atoms with Gasteiger partial charge in [-0.25, -0.2) is 0 Å². The number of nitrogens with one attached hydrogen (secondary N) is 1. The summed E-state index contributed by atoms with van der Waals surface area (Å²) in [4.78, 5) is 1.32. The molecule has 2 nitrogen and oxygen atoms in total. The largest absolute Gasteiger partial charge is 0.316 e. The third-order valence-corrected chi connectivity index (χ3v) is 3.95. The fourth-order valence-corrected chi connectivity index (χ4v) is 2.67. The highest BCUT2D eigenvalue weighted by atomic mass is 32.2. The second kappa shape index (κ2) is 8.79. The zero-order chi connectivity index (χ0) is 11.6. The van der Waals surface area contributed by atoms with Crippen LogP contribution < -0.4 is 5.32 Å². The first-order valence-corrected chi connectivity index (χ1v) is 8.19. The first-order valence-electron chi connectivity index (χ1n) is 5.47. The highest BCUT2D eigenvalue weighted by Crippen LogP contribution is 2.15. The van der Waals surface area contributed by atoms with Crippen LogP contribution in [0.5, 0.6) is 0 Å². The smallest absolute Gasteiger partial charge is 0.0244 e. The van der Waals surface area contributed by atoms with E-state index in [2.05, 4.69) is 29.6 Å². The molecular formula is C12H19NOS2. The van der Waals surface area contributed by atoms with Gasteiger partial charge < -0.3 is 5.32 Å². The normalized spacial score (nSPS) is 12.6. The molecule has 0 aliphatic carbocycles. The van der Waals surface area contributed by atoms with Crippen molar-refractivity contribution in [3.8, 4) is 0 Å². The second-order valence-corrected chi connectivity index (χ2v) is 6.27. The lowest BCUT2D eigenvalue weighted by Crippen LogP contribution is -2.19. The van der Waals surface area contributed by atoms with E-state index in [1.807, 2.05) is 17.8 Å². The van der Waals surface area contributed by atoms with Crippen molar-refractivity contribution in [2.24, 2.45) is 0 Å². The van der Waals surface area contributed by atoms with E-state index in [9.17, 15) is 4.21 Å².